The molecule has 1 aromatic rings. The second kappa shape index (κ2) is 3.26. The van der Waals surface area contributed by atoms with Crippen LogP contribution in [0.1, 0.15) is 17.5 Å². The van der Waals surface area contributed by atoms with Gasteiger partial charge in [-0.2, -0.15) is 0 Å². The number of nitrogens with one attached hydrogen (secondary N) is 1. The zero-order valence-corrected chi connectivity index (χ0v) is 11.2. The van der Waals surface area contributed by atoms with Crippen molar-refractivity contribution in [1.82, 2.24) is 5.32 Å². The highest BCUT2D eigenvalue weighted by atomic mass is 16.5. The van der Waals surface area contributed by atoms with E-state index in [2.05, 4.69) is 17.4 Å². The Hall–Kier alpha value is -1.39. The number of fused-ring (bicyclic) bond motifs is 2. The number of amides is 1. The lowest BCUT2D eigenvalue weighted by molar-refractivity contribution is -0.141. The zero-order valence-electron chi connectivity index (χ0n) is 11.2. The average molecular weight is 271 g/mol. The normalized spacial score (nSPS) is 50.8. The fourth-order valence-corrected chi connectivity index (χ4v) is 5.20. The molecule has 0 radical (unpaired) electrons. The fourth-order valence-electron chi connectivity index (χ4n) is 5.20. The Bertz CT molecular complexity index is 613. The Morgan fingerprint density at radius 1 is 1.30 bits per heavy atom. The van der Waals surface area contributed by atoms with E-state index in [4.69, 9.17) is 4.74 Å². The van der Waals surface area contributed by atoms with E-state index in [0.29, 0.717) is 5.92 Å². The van der Waals surface area contributed by atoms with Crippen LogP contribution in [0.25, 0.3) is 0 Å². The maximum Gasteiger partial charge on any atom is 0.226 e. The van der Waals surface area contributed by atoms with Crippen LogP contribution in [0.5, 0.6) is 0 Å². The van der Waals surface area contributed by atoms with Crippen LogP contribution in [0.3, 0.4) is 0 Å². The van der Waals surface area contributed by atoms with Crippen molar-refractivity contribution < 1.29 is 14.6 Å². The van der Waals surface area contributed by atoms with Crippen molar-refractivity contribution >= 4 is 5.91 Å². The quantitative estimate of drug-likeness (QED) is 0.798. The summed E-state index contributed by atoms with van der Waals surface area (Å²) in [4.78, 5) is 12.4. The largest absolute Gasteiger partial charge is 0.390 e. The SMILES string of the molecule is Cc1ccc(C23NC(=O)C4C5CC(C(O2)C5O)C43)cc1. The summed E-state index contributed by atoms with van der Waals surface area (Å²) in [6, 6.07) is 8.19. The first-order valence-electron chi connectivity index (χ1n) is 7.37. The molecule has 2 bridgehead atoms. The topological polar surface area (TPSA) is 58.6 Å². The van der Waals surface area contributed by atoms with Crippen molar-refractivity contribution in [2.45, 2.75) is 31.3 Å². The summed E-state index contributed by atoms with van der Waals surface area (Å²) in [6.45, 7) is 2.05. The van der Waals surface area contributed by atoms with Crippen LogP contribution in [-0.2, 0) is 15.3 Å². The van der Waals surface area contributed by atoms with Gasteiger partial charge >= 0.3 is 0 Å². The van der Waals surface area contributed by atoms with E-state index in [0.717, 1.165) is 12.0 Å². The lowest BCUT2D eigenvalue weighted by Gasteiger charge is -2.30. The number of benzene rings is 1. The van der Waals surface area contributed by atoms with Crippen LogP contribution in [0.4, 0.5) is 0 Å². The third-order valence-electron chi connectivity index (χ3n) is 5.93. The molecular weight excluding hydrogens is 254 g/mol. The standard InChI is InChI=1S/C16H17NO3/c1-7-2-4-8(5-3-7)16-12-10-6-9(11(12)15(19)17-16)13(18)14(10)20-16/h2-5,9-14,18H,6H2,1H3,(H,17,19). The number of rotatable bonds is 1. The van der Waals surface area contributed by atoms with Crippen molar-refractivity contribution in [1.29, 1.82) is 0 Å². The van der Waals surface area contributed by atoms with Crippen molar-refractivity contribution in [3.63, 3.8) is 0 Å². The third-order valence-corrected chi connectivity index (χ3v) is 5.93. The van der Waals surface area contributed by atoms with Gasteiger partial charge in [0.05, 0.1) is 18.1 Å². The molecule has 20 heavy (non-hydrogen) atoms. The van der Waals surface area contributed by atoms with Crippen molar-refractivity contribution in [2.75, 3.05) is 0 Å². The average Bonchev–Trinajstić information content (AvgIpc) is 3.08. The molecule has 2 N–H and O–H groups in total. The third kappa shape index (κ3) is 1.03. The number of ether oxygens (including phenoxy) is 1. The number of carbonyl (C=O) groups is 1. The molecule has 1 amide bonds. The molecule has 2 aliphatic heterocycles. The highest BCUT2D eigenvalue weighted by Crippen LogP contribution is 2.67. The summed E-state index contributed by atoms with van der Waals surface area (Å²) < 4.78 is 6.24. The molecule has 4 nitrogen and oxygen atoms in total. The highest BCUT2D eigenvalue weighted by Gasteiger charge is 2.76. The van der Waals surface area contributed by atoms with E-state index in [-0.39, 0.29) is 29.8 Å². The highest BCUT2D eigenvalue weighted by molar-refractivity contribution is 5.84. The lowest BCUT2D eigenvalue weighted by Crippen LogP contribution is -2.45. The van der Waals surface area contributed by atoms with E-state index in [9.17, 15) is 9.90 Å². The Morgan fingerprint density at radius 2 is 2.05 bits per heavy atom. The number of aliphatic hydroxyl groups is 1. The number of hydrogen-bond donors (Lipinski definition) is 2. The summed E-state index contributed by atoms with van der Waals surface area (Å²) >= 11 is 0. The fraction of sp³-hybridized carbons (Fsp3) is 0.562. The van der Waals surface area contributed by atoms with Gasteiger partial charge in [0.15, 0.2) is 5.72 Å². The van der Waals surface area contributed by atoms with Gasteiger partial charge in [0.25, 0.3) is 0 Å². The summed E-state index contributed by atoms with van der Waals surface area (Å²) in [7, 11) is 0. The van der Waals surface area contributed by atoms with E-state index in [1.54, 1.807) is 0 Å². The molecule has 2 saturated heterocycles. The maximum atomic E-state index is 12.4. The van der Waals surface area contributed by atoms with Crippen LogP contribution >= 0.6 is 0 Å². The molecule has 4 heteroatoms. The minimum absolute atomic E-state index is 0.0558. The molecule has 104 valence electrons. The summed E-state index contributed by atoms with van der Waals surface area (Å²) in [5.74, 6) is 0.580. The number of hydrogen-bond acceptors (Lipinski definition) is 3. The van der Waals surface area contributed by atoms with Gasteiger partial charge in [0.2, 0.25) is 5.91 Å². The Kier molecular flexibility index (Phi) is 1.84. The summed E-state index contributed by atoms with van der Waals surface area (Å²) in [5.41, 5.74) is 1.51. The van der Waals surface area contributed by atoms with Gasteiger partial charge in [0, 0.05) is 11.5 Å². The predicted molar refractivity (Wildman–Crippen MR) is 70.5 cm³/mol. The lowest BCUT2D eigenvalue weighted by atomic mass is 9.75. The number of aryl methyl sites for hydroxylation is 1. The smallest absolute Gasteiger partial charge is 0.226 e. The van der Waals surface area contributed by atoms with Crippen LogP contribution in [0, 0.1) is 30.6 Å². The van der Waals surface area contributed by atoms with Crippen LogP contribution in [0.15, 0.2) is 24.3 Å². The van der Waals surface area contributed by atoms with Crippen molar-refractivity contribution in [3.05, 3.63) is 35.4 Å². The minimum Gasteiger partial charge on any atom is -0.390 e. The molecule has 2 aliphatic carbocycles. The van der Waals surface area contributed by atoms with Crippen LogP contribution in [-0.4, -0.2) is 23.2 Å². The van der Waals surface area contributed by atoms with Gasteiger partial charge in [-0.25, -0.2) is 0 Å². The van der Waals surface area contributed by atoms with E-state index in [1.807, 2.05) is 19.1 Å². The Labute approximate surface area is 117 Å². The predicted octanol–water partition coefficient (Wildman–Crippen LogP) is 0.919. The Balaban J connectivity index is 1.69. The number of carbonyl (C=O) groups excluding carboxylic acids is 1. The van der Waals surface area contributed by atoms with Crippen LogP contribution < -0.4 is 5.32 Å². The molecule has 7 atom stereocenters. The first kappa shape index (κ1) is 11.3. The van der Waals surface area contributed by atoms with Crippen molar-refractivity contribution in [2.24, 2.45) is 23.7 Å². The van der Waals surface area contributed by atoms with E-state index in [1.165, 1.54) is 5.56 Å². The molecule has 2 saturated carbocycles. The van der Waals surface area contributed by atoms with Gasteiger partial charge < -0.3 is 15.2 Å². The van der Waals surface area contributed by atoms with E-state index >= 15 is 0 Å². The van der Waals surface area contributed by atoms with Gasteiger partial charge in [-0.3, -0.25) is 4.79 Å². The second-order valence-electron chi connectivity index (χ2n) is 6.78. The molecule has 4 fully saturated rings. The summed E-state index contributed by atoms with van der Waals surface area (Å²) in [6.07, 6.45) is 0.352. The first-order valence-corrected chi connectivity index (χ1v) is 7.37. The first-order chi connectivity index (χ1) is 9.62. The maximum absolute atomic E-state index is 12.4. The molecule has 4 aliphatic rings. The molecule has 7 unspecified atom stereocenters. The Morgan fingerprint density at radius 3 is 2.80 bits per heavy atom. The molecule has 0 aromatic heterocycles. The van der Waals surface area contributed by atoms with Gasteiger partial charge in [-0.05, 0) is 25.2 Å². The monoisotopic (exact) mass is 271 g/mol. The molecule has 5 rings (SSSR count). The minimum atomic E-state index is -0.697. The molecule has 1 aromatic carbocycles. The summed E-state index contributed by atoms with van der Waals surface area (Å²) in [5, 5.41) is 13.5. The molecular formula is C16H17NO3. The number of aliphatic hydroxyl groups excluding tert-OH is 1. The molecule has 2 heterocycles. The van der Waals surface area contributed by atoms with Gasteiger partial charge in [0.1, 0.15) is 0 Å². The second-order valence-corrected chi connectivity index (χ2v) is 6.78. The van der Waals surface area contributed by atoms with Gasteiger partial charge in [-0.15, -0.1) is 0 Å². The van der Waals surface area contributed by atoms with Crippen LogP contribution in [0.2, 0.25) is 0 Å². The molecule has 0 spiro atoms. The van der Waals surface area contributed by atoms with E-state index < -0.39 is 11.8 Å². The van der Waals surface area contributed by atoms with Gasteiger partial charge in [-0.1, -0.05) is 29.8 Å². The zero-order chi connectivity index (χ0) is 13.6. The van der Waals surface area contributed by atoms with Crippen molar-refractivity contribution in [3.8, 4) is 0 Å².